The number of nitrogens with one attached hydrogen (secondary N) is 1. The first-order valence-corrected chi connectivity index (χ1v) is 8.96. The SMILES string of the molecule is Cc1ccc(OCC(=O)NC(CC(=O)O)c2ccc(C(C)(C)C)cc2)cc1. The second kappa shape index (κ2) is 8.71. The van der Waals surface area contributed by atoms with Gasteiger partial charge in [-0.3, -0.25) is 9.59 Å². The third-order valence-electron chi connectivity index (χ3n) is 4.28. The first-order chi connectivity index (χ1) is 12.6. The third kappa shape index (κ3) is 6.44. The third-order valence-corrected chi connectivity index (χ3v) is 4.28. The molecule has 5 nitrogen and oxygen atoms in total. The summed E-state index contributed by atoms with van der Waals surface area (Å²) in [7, 11) is 0. The number of amides is 1. The summed E-state index contributed by atoms with van der Waals surface area (Å²) in [6.07, 6.45) is -0.189. The molecule has 0 saturated heterocycles. The lowest BCUT2D eigenvalue weighted by atomic mass is 9.86. The molecule has 2 rings (SSSR count). The molecule has 2 aromatic rings. The minimum atomic E-state index is -0.973. The summed E-state index contributed by atoms with van der Waals surface area (Å²) >= 11 is 0. The largest absolute Gasteiger partial charge is 0.484 e. The summed E-state index contributed by atoms with van der Waals surface area (Å²) in [5, 5.41) is 12.0. The van der Waals surface area contributed by atoms with Gasteiger partial charge in [0.2, 0.25) is 0 Å². The molecule has 1 amide bonds. The molecule has 1 unspecified atom stereocenters. The van der Waals surface area contributed by atoms with Crippen molar-refractivity contribution in [2.75, 3.05) is 6.61 Å². The van der Waals surface area contributed by atoms with Crippen LogP contribution in [0.1, 0.15) is 49.9 Å². The van der Waals surface area contributed by atoms with Crippen LogP contribution in [-0.4, -0.2) is 23.6 Å². The highest BCUT2D eigenvalue weighted by molar-refractivity contribution is 5.79. The van der Waals surface area contributed by atoms with E-state index in [2.05, 4.69) is 26.1 Å². The van der Waals surface area contributed by atoms with Gasteiger partial charge in [-0.1, -0.05) is 62.7 Å². The molecule has 0 radical (unpaired) electrons. The number of ether oxygens (including phenoxy) is 1. The number of carboxylic acid groups (broad SMARTS) is 1. The maximum absolute atomic E-state index is 12.2. The Morgan fingerprint density at radius 3 is 2.15 bits per heavy atom. The van der Waals surface area contributed by atoms with Crippen molar-refractivity contribution < 1.29 is 19.4 Å². The Bertz CT molecular complexity index is 773. The number of carbonyl (C=O) groups excluding carboxylic acids is 1. The van der Waals surface area contributed by atoms with E-state index < -0.39 is 12.0 Å². The van der Waals surface area contributed by atoms with Crippen molar-refractivity contribution in [1.82, 2.24) is 5.32 Å². The zero-order valence-electron chi connectivity index (χ0n) is 16.3. The molecule has 0 aliphatic rings. The number of hydrogen-bond acceptors (Lipinski definition) is 3. The van der Waals surface area contributed by atoms with Gasteiger partial charge in [0.05, 0.1) is 12.5 Å². The first kappa shape index (κ1) is 20.5. The average Bonchev–Trinajstić information content (AvgIpc) is 2.60. The van der Waals surface area contributed by atoms with Gasteiger partial charge in [0.15, 0.2) is 6.61 Å². The highest BCUT2D eigenvalue weighted by Crippen LogP contribution is 2.25. The predicted octanol–water partition coefficient (Wildman–Crippen LogP) is 4.00. The molecule has 2 aromatic carbocycles. The molecule has 0 bridgehead atoms. The Hall–Kier alpha value is -2.82. The summed E-state index contributed by atoms with van der Waals surface area (Å²) in [4.78, 5) is 23.5. The number of benzene rings is 2. The van der Waals surface area contributed by atoms with E-state index in [0.29, 0.717) is 5.75 Å². The van der Waals surface area contributed by atoms with Crippen LogP contribution in [0.5, 0.6) is 5.75 Å². The van der Waals surface area contributed by atoms with Crippen LogP contribution < -0.4 is 10.1 Å². The van der Waals surface area contributed by atoms with Crippen molar-refractivity contribution in [2.24, 2.45) is 0 Å². The molecule has 1 atom stereocenters. The maximum atomic E-state index is 12.2. The predicted molar refractivity (Wildman–Crippen MR) is 105 cm³/mol. The van der Waals surface area contributed by atoms with E-state index in [1.807, 2.05) is 43.3 Å². The lowest BCUT2D eigenvalue weighted by Crippen LogP contribution is -2.34. The Balaban J connectivity index is 2.03. The zero-order chi connectivity index (χ0) is 20.0. The molecule has 0 aromatic heterocycles. The molecule has 0 heterocycles. The van der Waals surface area contributed by atoms with Crippen LogP contribution in [0.25, 0.3) is 0 Å². The van der Waals surface area contributed by atoms with Gasteiger partial charge in [-0.2, -0.15) is 0 Å². The van der Waals surface area contributed by atoms with Gasteiger partial charge in [-0.15, -0.1) is 0 Å². The molecule has 2 N–H and O–H groups in total. The number of carbonyl (C=O) groups is 2. The molecule has 0 spiro atoms. The highest BCUT2D eigenvalue weighted by atomic mass is 16.5. The molecule has 0 fully saturated rings. The van der Waals surface area contributed by atoms with Crippen LogP contribution in [0.15, 0.2) is 48.5 Å². The Kier molecular flexibility index (Phi) is 6.61. The minimum Gasteiger partial charge on any atom is -0.484 e. The van der Waals surface area contributed by atoms with E-state index in [0.717, 1.165) is 16.7 Å². The summed E-state index contributed by atoms with van der Waals surface area (Å²) in [6, 6.07) is 14.5. The fourth-order valence-corrected chi connectivity index (χ4v) is 2.66. The second-order valence-corrected chi connectivity index (χ2v) is 7.69. The van der Waals surface area contributed by atoms with Gasteiger partial charge in [0.1, 0.15) is 5.75 Å². The number of aryl methyl sites for hydroxylation is 1. The standard InChI is InChI=1S/C22H27NO4/c1-15-5-11-18(12-6-15)27-14-20(24)23-19(13-21(25)26)16-7-9-17(10-8-16)22(2,3)4/h5-12,19H,13-14H2,1-4H3,(H,23,24)(H,25,26). The highest BCUT2D eigenvalue weighted by Gasteiger charge is 2.20. The number of aliphatic carboxylic acids is 1. The van der Waals surface area contributed by atoms with E-state index in [9.17, 15) is 14.7 Å². The molecular weight excluding hydrogens is 342 g/mol. The van der Waals surface area contributed by atoms with Crippen LogP contribution in [0.4, 0.5) is 0 Å². The van der Waals surface area contributed by atoms with Crippen molar-refractivity contribution in [2.45, 2.75) is 45.6 Å². The van der Waals surface area contributed by atoms with Gasteiger partial charge in [0.25, 0.3) is 5.91 Å². The van der Waals surface area contributed by atoms with Crippen molar-refractivity contribution >= 4 is 11.9 Å². The topological polar surface area (TPSA) is 75.6 Å². The summed E-state index contributed by atoms with van der Waals surface area (Å²) in [5.74, 6) is -0.735. The lowest BCUT2D eigenvalue weighted by Gasteiger charge is -2.22. The number of rotatable bonds is 7. The zero-order valence-corrected chi connectivity index (χ0v) is 16.3. The Labute approximate surface area is 160 Å². The van der Waals surface area contributed by atoms with Crippen LogP contribution in [0.2, 0.25) is 0 Å². The molecule has 0 aliphatic carbocycles. The van der Waals surface area contributed by atoms with E-state index >= 15 is 0 Å². The van der Waals surface area contributed by atoms with Crippen molar-refractivity contribution in [3.05, 3.63) is 65.2 Å². The molecule has 0 aliphatic heterocycles. The van der Waals surface area contributed by atoms with Crippen molar-refractivity contribution in [1.29, 1.82) is 0 Å². The molecule has 5 heteroatoms. The van der Waals surface area contributed by atoms with Crippen LogP contribution in [-0.2, 0) is 15.0 Å². The van der Waals surface area contributed by atoms with Gasteiger partial charge >= 0.3 is 5.97 Å². The summed E-state index contributed by atoms with van der Waals surface area (Å²) in [5.41, 5.74) is 3.02. The first-order valence-electron chi connectivity index (χ1n) is 8.96. The summed E-state index contributed by atoms with van der Waals surface area (Å²) < 4.78 is 5.47. The van der Waals surface area contributed by atoms with E-state index in [1.54, 1.807) is 12.1 Å². The van der Waals surface area contributed by atoms with E-state index in [1.165, 1.54) is 0 Å². The van der Waals surface area contributed by atoms with Crippen LogP contribution in [0, 0.1) is 6.92 Å². The van der Waals surface area contributed by atoms with Crippen molar-refractivity contribution in [3.63, 3.8) is 0 Å². The maximum Gasteiger partial charge on any atom is 0.305 e. The van der Waals surface area contributed by atoms with Gasteiger partial charge in [-0.05, 0) is 35.6 Å². The number of carboxylic acids is 1. The van der Waals surface area contributed by atoms with E-state index in [4.69, 9.17) is 4.74 Å². The lowest BCUT2D eigenvalue weighted by molar-refractivity contribution is -0.137. The molecule has 144 valence electrons. The van der Waals surface area contributed by atoms with Gasteiger partial charge in [0, 0.05) is 0 Å². The normalized spacial score (nSPS) is 12.3. The number of hydrogen-bond donors (Lipinski definition) is 2. The quantitative estimate of drug-likeness (QED) is 0.773. The average molecular weight is 369 g/mol. The monoisotopic (exact) mass is 369 g/mol. The summed E-state index contributed by atoms with van der Waals surface area (Å²) in [6.45, 7) is 8.14. The molecular formula is C22H27NO4. The van der Waals surface area contributed by atoms with Gasteiger partial charge in [-0.25, -0.2) is 0 Å². The van der Waals surface area contributed by atoms with Crippen LogP contribution >= 0.6 is 0 Å². The fourth-order valence-electron chi connectivity index (χ4n) is 2.66. The van der Waals surface area contributed by atoms with Crippen molar-refractivity contribution in [3.8, 4) is 5.75 Å². The second-order valence-electron chi connectivity index (χ2n) is 7.69. The van der Waals surface area contributed by atoms with Gasteiger partial charge < -0.3 is 15.2 Å². The van der Waals surface area contributed by atoms with Crippen LogP contribution in [0.3, 0.4) is 0 Å². The molecule has 27 heavy (non-hydrogen) atoms. The Morgan fingerprint density at radius 2 is 1.63 bits per heavy atom. The molecule has 0 saturated carbocycles. The Morgan fingerprint density at radius 1 is 1.04 bits per heavy atom. The fraction of sp³-hybridized carbons (Fsp3) is 0.364. The minimum absolute atomic E-state index is 0.00590. The smallest absolute Gasteiger partial charge is 0.305 e. The van der Waals surface area contributed by atoms with E-state index in [-0.39, 0.29) is 24.3 Å².